The number of benzene rings is 1. The Balaban J connectivity index is 1.96. The lowest BCUT2D eigenvalue weighted by molar-refractivity contribution is 0.405. The van der Waals surface area contributed by atoms with E-state index in [0.29, 0.717) is 5.95 Å². The first-order valence-electron chi connectivity index (χ1n) is 7.29. The molecule has 118 valence electrons. The smallest absolute Gasteiger partial charge is 0.224 e. The third kappa shape index (κ3) is 5.27. The zero-order chi connectivity index (χ0) is 15.9. The van der Waals surface area contributed by atoms with Crippen molar-refractivity contribution >= 4 is 33.4 Å². The maximum Gasteiger partial charge on any atom is 0.224 e. The molecule has 0 aliphatic heterocycles. The fourth-order valence-electron chi connectivity index (χ4n) is 1.97. The Morgan fingerprint density at radius 2 is 2.05 bits per heavy atom. The highest BCUT2D eigenvalue weighted by Crippen LogP contribution is 2.26. The maximum absolute atomic E-state index is 4.48. The molecular formula is C16H22BrN5. The van der Waals surface area contributed by atoms with Crippen LogP contribution in [-0.2, 0) is 0 Å². The largest absolute Gasteiger partial charge is 0.354 e. The number of anilines is 3. The molecule has 1 aromatic carbocycles. The molecule has 0 fully saturated rings. The fourth-order valence-corrected chi connectivity index (χ4v) is 2.56. The van der Waals surface area contributed by atoms with Gasteiger partial charge in [-0.2, -0.15) is 4.98 Å². The molecule has 0 spiro atoms. The molecule has 0 aliphatic carbocycles. The van der Waals surface area contributed by atoms with Crippen molar-refractivity contribution in [3.63, 3.8) is 0 Å². The second kappa shape index (κ2) is 8.10. The van der Waals surface area contributed by atoms with Crippen molar-refractivity contribution in [3.8, 4) is 0 Å². The summed E-state index contributed by atoms with van der Waals surface area (Å²) in [6.07, 6.45) is 2.81. The molecule has 1 aromatic heterocycles. The van der Waals surface area contributed by atoms with Gasteiger partial charge < -0.3 is 15.5 Å². The van der Waals surface area contributed by atoms with Gasteiger partial charge in [0.05, 0.1) is 5.69 Å². The van der Waals surface area contributed by atoms with E-state index in [9.17, 15) is 0 Å². The first kappa shape index (κ1) is 16.7. The predicted octanol–water partition coefficient (Wildman–Crippen LogP) is 3.65. The van der Waals surface area contributed by atoms with Gasteiger partial charge in [0.25, 0.3) is 0 Å². The van der Waals surface area contributed by atoms with Crippen LogP contribution in [0.3, 0.4) is 0 Å². The number of hydrogen-bond acceptors (Lipinski definition) is 5. The highest BCUT2D eigenvalue weighted by molar-refractivity contribution is 9.10. The third-order valence-corrected chi connectivity index (χ3v) is 3.76. The molecule has 22 heavy (non-hydrogen) atoms. The van der Waals surface area contributed by atoms with Crippen LogP contribution in [0.1, 0.15) is 12.0 Å². The van der Waals surface area contributed by atoms with E-state index >= 15 is 0 Å². The molecule has 0 bridgehead atoms. The molecule has 2 N–H and O–H groups in total. The van der Waals surface area contributed by atoms with Crippen LogP contribution in [0.4, 0.5) is 17.5 Å². The Hall–Kier alpha value is -1.66. The molecule has 2 rings (SSSR count). The Kier molecular flexibility index (Phi) is 6.15. The van der Waals surface area contributed by atoms with Crippen LogP contribution < -0.4 is 10.6 Å². The van der Waals surface area contributed by atoms with E-state index in [1.807, 2.05) is 12.1 Å². The lowest BCUT2D eigenvalue weighted by Gasteiger charge is -2.11. The van der Waals surface area contributed by atoms with Gasteiger partial charge in [0.15, 0.2) is 0 Å². The van der Waals surface area contributed by atoms with Crippen LogP contribution in [0.5, 0.6) is 0 Å². The summed E-state index contributed by atoms with van der Waals surface area (Å²) in [7, 11) is 4.14. The van der Waals surface area contributed by atoms with Crippen LogP contribution >= 0.6 is 15.9 Å². The van der Waals surface area contributed by atoms with Crippen molar-refractivity contribution in [2.24, 2.45) is 0 Å². The first-order valence-corrected chi connectivity index (χ1v) is 8.09. The lowest BCUT2D eigenvalue weighted by Crippen LogP contribution is -2.17. The molecule has 5 nitrogen and oxygen atoms in total. The molecule has 0 atom stereocenters. The molecule has 2 aromatic rings. The maximum atomic E-state index is 4.48. The van der Waals surface area contributed by atoms with E-state index in [1.54, 1.807) is 6.20 Å². The highest BCUT2D eigenvalue weighted by Gasteiger charge is 2.03. The fraction of sp³-hybridized carbons (Fsp3) is 0.375. The van der Waals surface area contributed by atoms with Crippen molar-refractivity contribution in [2.75, 3.05) is 37.8 Å². The van der Waals surface area contributed by atoms with Crippen molar-refractivity contribution < 1.29 is 0 Å². The molecule has 1 heterocycles. The molecular weight excluding hydrogens is 342 g/mol. The van der Waals surface area contributed by atoms with Gasteiger partial charge in [-0.05, 0) is 73.7 Å². The molecule has 0 radical (unpaired) electrons. The summed E-state index contributed by atoms with van der Waals surface area (Å²) in [6.45, 7) is 3.96. The van der Waals surface area contributed by atoms with Gasteiger partial charge in [0.1, 0.15) is 5.82 Å². The molecule has 0 saturated carbocycles. The Morgan fingerprint density at radius 3 is 2.77 bits per heavy atom. The van der Waals surface area contributed by atoms with Gasteiger partial charge in [-0.15, -0.1) is 0 Å². The highest BCUT2D eigenvalue weighted by atomic mass is 79.9. The molecule has 0 amide bonds. The van der Waals surface area contributed by atoms with Crippen molar-refractivity contribution in [3.05, 3.63) is 40.5 Å². The van der Waals surface area contributed by atoms with Crippen molar-refractivity contribution in [1.29, 1.82) is 0 Å². The number of nitrogens with zero attached hydrogens (tertiary/aromatic N) is 3. The van der Waals surface area contributed by atoms with Crippen LogP contribution in [0.25, 0.3) is 0 Å². The van der Waals surface area contributed by atoms with Gasteiger partial charge in [-0.3, -0.25) is 0 Å². The minimum atomic E-state index is 0.645. The van der Waals surface area contributed by atoms with Crippen molar-refractivity contribution in [1.82, 2.24) is 14.9 Å². The van der Waals surface area contributed by atoms with Crippen LogP contribution in [0, 0.1) is 6.92 Å². The Labute approximate surface area is 140 Å². The van der Waals surface area contributed by atoms with Gasteiger partial charge in [-0.25, -0.2) is 4.98 Å². The lowest BCUT2D eigenvalue weighted by atomic mass is 10.2. The van der Waals surface area contributed by atoms with Gasteiger partial charge in [0.2, 0.25) is 5.95 Å². The number of hydrogen-bond donors (Lipinski definition) is 2. The third-order valence-electron chi connectivity index (χ3n) is 3.11. The average Bonchev–Trinajstić information content (AvgIpc) is 2.47. The second-order valence-corrected chi connectivity index (χ2v) is 6.31. The van der Waals surface area contributed by atoms with Gasteiger partial charge in [0, 0.05) is 17.2 Å². The average molecular weight is 364 g/mol. The molecule has 0 aliphatic rings. The summed E-state index contributed by atoms with van der Waals surface area (Å²) in [5.41, 5.74) is 2.20. The standard InChI is InChI=1S/C16H22BrN5/c1-12-5-6-14(13(17)11-12)20-15-7-9-19-16(21-15)18-8-4-10-22(2)3/h5-7,9,11H,4,8,10H2,1-3H3,(H2,18,19,20,21). The summed E-state index contributed by atoms with van der Waals surface area (Å²) in [5, 5.41) is 6.55. The monoisotopic (exact) mass is 363 g/mol. The summed E-state index contributed by atoms with van der Waals surface area (Å²) in [6, 6.07) is 8.03. The Morgan fingerprint density at radius 1 is 1.23 bits per heavy atom. The number of rotatable bonds is 7. The number of halogens is 1. The summed E-state index contributed by atoms with van der Waals surface area (Å²) in [5.74, 6) is 1.42. The summed E-state index contributed by atoms with van der Waals surface area (Å²) >= 11 is 3.56. The van der Waals surface area contributed by atoms with E-state index in [1.165, 1.54) is 5.56 Å². The number of aromatic nitrogens is 2. The van der Waals surface area contributed by atoms with Crippen molar-refractivity contribution in [2.45, 2.75) is 13.3 Å². The van der Waals surface area contributed by atoms with E-state index in [0.717, 1.165) is 35.5 Å². The minimum absolute atomic E-state index is 0.645. The van der Waals surface area contributed by atoms with Gasteiger partial charge in [-0.1, -0.05) is 6.07 Å². The number of nitrogens with one attached hydrogen (secondary N) is 2. The second-order valence-electron chi connectivity index (χ2n) is 5.46. The van der Waals surface area contributed by atoms with Crippen LogP contribution in [0.15, 0.2) is 34.9 Å². The van der Waals surface area contributed by atoms with Crippen LogP contribution in [-0.4, -0.2) is 42.1 Å². The van der Waals surface area contributed by atoms with E-state index in [4.69, 9.17) is 0 Å². The minimum Gasteiger partial charge on any atom is -0.354 e. The predicted molar refractivity (Wildman–Crippen MR) is 95.9 cm³/mol. The normalized spacial score (nSPS) is 10.8. The van der Waals surface area contributed by atoms with E-state index < -0.39 is 0 Å². The topological polar surface area (TPSA) is 53.1 Å². The van der Waals surface area contributed by atoms with Crippen LogP contribution in [0.2, 0.25) is 0 Å². The zero-order valence-electron chi connectivity index (χ0n) is 13.2. The quantitative estimate of drug-likeness (QED) is 0.735. The van der Waals surface area contributed by atoms with E-state index in [2.05, 4.69) is 74.6 Å². The molecule has 0 saturated heterocycles. The zero-order valence-corrected chi connectivity index (χ0v) is 14.8. The number of aryl methyl sites for hydroxylation is 1. The Bertz CT molecular complexity index is 615. The molecule has 6 heteroatoms. The summed E-state index contributed by atoms with van der Waals surface area (Å²) in [4.78, 5) is 10.9. The molecule has 0 unspecified atom stereocenters. The SMILES string of the molecule is Cc1ccc(Nc2ccnc(NCCCN(C)C)n2)c(Br)c1. The van der Waals surface area contributed by atoms with E-state index in [-0.39, 0.29) is 0 Å². The first-order chi connectivity index (χ1) is 10.5. The summed E-state index contributed by atoms with van der Waals surface area (Å²) < 4.78 is 1.02. The van der Waals surface area contributed by atoms with Gasteiger partial charge >= 0.3 is 0 Å².